The van der Waals surface area contributed by atoms with Crippen molar-refractivity contribution < 1.29 is 24.3 Å². The molecule has 0 unspecified atom stereocenters. The lowest BCUT2D eigenvalue weighted by atomic mass is 9.97. The largest absolute Gasteiger partial charge is 0.480 e. The molecule has 2 heterocycles. The molecule has 1 aromatic rings. The molecule has 0 aliphatic carbocycles. The van der Waals surface area contributed by atoms with Crippen LogP contribution < -0.4 is 10.6 Å². The van der Waals surface area contributed by atoms with Crippen LogP contribution in [0.4, 0.5) is 0 Å². The zero-order valence-corrected chi connectivity index (χ0v) is 20.7. The highest BCUT2D eigenvalue weighted by Gasteiger charge is 2.57. The number of hydrogen-bond donors (Lipinski definition) is 3. The van der Waals surface area contributed by atoms with Gasteiger partial charge in [-0.05, 0) is 43.7 Å². The minimum atomic E-state index is -1.11. The molecule has 180 valence electrons. The molecule has 1 fully saturated rings. The van der Waals surface area contributed by atoms with Crippen LogP contribution >= 0.6 is 11.8 Å². The molecule has 9 heteroatoms. The Bertz CT molecular complexity index is 961. The topological polar surface area (TPSA) is 116 Å². The number of thioether (sulfide) groups is 1. The zero-order chi connectivity index (χ0) is 24.7. The predicted molar refractivity (Wildman–Crippen MR) is 127 cm³/mol. The van der Waals surface area contributed by atoms with E-state index in [4.69, 9.17) is 0 Å². The summed E-state index contributed by atoms with van der Waals surface area (Å²) in [6.07, 6.45) is 0.286. The summed E-state index contributed by atoms with van der Waals surface area (Å²) in [5.41, 5.74) is 1.49. The minimum Gasteiger partial charge on any atom is -0.480 e. The van der Waals surface area contributed by atoms with E-state index in [-0.39, 0.29) is 29.5 Å². The Kier molecular flexibility index (Phi) is 7.12. The Labute approximate surface area is 198 Å². The number of benzene rings is 1. The summed E-state index contributed by atoms with van der Waals surface area (Å²) in [4.78, 5) is 52.8. The number of nitrogens with zero attached hydrogens (tertiary/aromatic N) is 1. The summed E-state index contributed by atoms with van der Waals surface area (Å²) in [5.74, 6) is -2.45. The molecule has 0 aromatic heterocycles. The highest BCUT2D eigenvalue weighted by Crippen LogP contribution is 2.56. The number of rotatable bonds is 8. The molecule has 0 spiro atoms. The maximum atomic E-state index is 13.5. The number of hydrogen-bond acceptors (Lipinski definition) is 5. The van der Waals surface area contributed by atoms with Crippen molar-refractivity contribution >= 4 is 35.5 Å². The van der Waals surface area contributed by atoms with E-state index in [1.54, 1.807) is 42.6 Å². The zero-order valence-electron chi connectivity index (χ0n) is 19.9. The van der Waals surface area contributed by atoms with Gasteiger partial charge in [0.05, 0.1) is 0 Å². The molecule has 0 saturated carbocycles. The fourth-order valence-corrected chi connectivity index (χ4v) is 6.11. The van der Waals surface area contributed by atoms with Crippen LogP contribution in [0.25, 0.3) is 0 Å². The van der Waals surface area contributed by atoms with E-state index in [9.17, 15) is 24.3 Å². The van der Waals surface area contributed by atoms with E-state index in [1.807, 2.05) is 39.8 Å². The van der Waals surface area contributed by atoms with Crippen molar-refractivity contribution in [2.75, 3.05) is 0 Å². The maximum absolute atomic E-state index is 13.5. The van der Waals surface area contributed by atoms with E-state index in [0.29, 0.717) is 5.56 Å². The second-order valence-electron chi connectivity index (χ2n) is 10.0. The highest BCUT2D eigenvalue weighted by molar-refractivity contribution is 8.01. The molecule has 3 rings (SSSR count). The molecule has 0 bridgehead atoms. The van der Waals surface area contributed by atoms with Crippen LogP contribution in [0.2, 0.25) is 0 Å². The lowest BCUT2D eigenvalue weighted by Gasteiger charge is -2.32. The van der Waals surface area contributed by atoms with Gasteiger partial charge >= 0.3 is 5.97 Å². The van der Waals surface area contributed by atoms with E-state index in [0.717, 1.165) is 5.56 Å². The Morgan fingerprint density at radius 3 is 2.33 bits per heavy atom. The third-order valence-electron chi connectivity index (χ3n) is 6.11. The lowest BCUT2D eigenvalue weighted by Crippen LogP contribution is -2.59. The SMILES string of the molecule is CC(C)C[C@H](NC(=O)[C@@H](NC(=O)[C@H]1N2C(=O)c3ccccc3[C@@H]2SC1(C)C)C(C)C)C(=O)O. The number of fused-ring (bicyclic) bond motifs is 3. The van der Waals surface area contributed by atoms with Crippen LogP contribution in [0.3, 0.4) is 0 Å². The van der Waals surface area contributed by atoms with Gasteiger partial charge in [-0.25, -0.2) is 4.79 Å². The lowest BCUT2D eigenvalue weighted by molar-refractivity contribution is -0.143. The first-order valence-corrected chi connectivity index (χ1v) is 12.2. The number of amides is 3. The van der Waals surface area contributed by atoms with Gasteiger partial charge in [0, 0.05) is 10.3 Å². The van der Waals surface area contributed by atoms with Crippen LogP contribution in [-0.4, -0.2) is 56.6 Å². The molecule has 0 radical (unpaired) electrons. The van der Waals surface area contributed by atoms with E-state index < -0.39 is 40.7 Å². The summed E-state index contributed by atoms with van der Waals surface area (Å²) >= 11 is 1.55. The Hall–Kier alpha value is -2.55. The smallest absolute Gasteiger partial charge is 0.326 e. The molecule has 4 atom stereocenters. The molecule has 1 saturated heterocycles. The van der Waals surface area contributed by atoms with Crippen molar-refractivity contribution in [2.45, 2.75) is 76.2 Å². The molecule has 2 aliphatic rings. The van der Waals surface area contributed by atoms with Crippen molar-refractivity contribution in [3.63, 3.8) is 0 Å². The van der Waals surface area contributed by atoms with Crippen molar-refractivity contribution in [2.24, 2.45) is 11.8 Å². The molecule has 2 aliphatic heterocycles. The monoisotopic (exact) mass is 475 g/mol. The van der Waals surface area contributed by atoms with Gasteiger partial charge < -0.3 is 20.6 Å². The summed E-state index contributed by atoms with van der Waals surface area (Å²) in [5, 5.41) is 14.6. The maximum Gasteiger partial charge on any atom is 0.326 e. The molecular weight excluding hydrogens is 442 g/mol. The van der Waals surface area contributed by atoms with Crippen LogP contribution in [0.15, 0.2) is 24.3 Å². The molecule has 33 heavy (non-hydrogen) atoms. The van der Waals surface area contributed by atoms with E-state index in [2.05, 4.69) is 10.6 Å². The van der Waals surface area contributed by atoms with Crippen molar-refractivity contribution in [3.8, 4) is 0 Å². The van der Waals surface area contributed by atoms with Crippen LogP contribution in [0.1, 0.15) is 69.3 Å². The van der Waals surface area contributed by atoms with Crippen molar-refractivity contribution in [1.29, 1.82) is 0 Å². The summed E-state index contributed by atoms with van der Waals surface area (Å²) in [6, 6.07) is 4.63. The number of carbonyl (C=O) groups is 4. The number of carboxylic acid groups (broad SMARTS) is 1. The number of carbonyl (C=O) groups excluding carboxylic acids is 3. The summed E-state index contributed by atoms with van der Waals surface area (Å²) in [6.45, 7) is 11.2. The normalized spacial score (nSPS) is 22.7. The van der Waals surface area contributed by atoms with Gasteiger partial charge in [-0.2, -0.15) is 0 Å². The number of nitrogens with one attached hydrogen (secondary N) is 2. The van der Waals surface area contributed by atoms with Crippen LogP contribution in [0.5, 0.6) is 0 Å². The van der Waals surface area contributed by atoms with Gasteiger partial charge in [0.25, 0.3) is 5.91 Å². The predicted octanol–water partition coefficient (Wildman–Crippen LogP) is 2.79. The Morgan fingerprint density at radius 2 is 1.76 bits per heavy atom. The van der Waals surface area contributed by atoms with Crippen molar-refractivity contribution in [1.82, 2.24) is 15.5 Å². The van der Waals surface area contributed by atoms with Crippen molar-refractivity contribution in [3.05, 3.63) is 35.4 Å². The average molecular weight is 476 g/mol. The minimum absolute atomic E-state index is 0.0783. The van der Waals surface area contributed by atoms with Gasteiger partial charge in [0.1, 0.15) is 23.5 Å². The molecular formula is C24H33N3O5S. The number of carboxylic acids is 1. The van der Waals surface area contributed by atoms with Gasteiger partial charge in [-0.1, -0.05) is 45.9 Å². The molecule has 1 aromatic carbocycles. The third kappa shape index (κ3) is 4.88. The van der Waals surface area contributed by atoms with Gasteiger partial charge in [-0.3, -0.25) is 14.4 Å². The Balaban J connectivity index is 1.81. The first-order chi connectivity index (χ1) is 15.3. The van der Waals surface area contributed by atoms with Gasteiger partial charge in [0.2, 0.25) is 11.8 Å². The summed E-state index contributed by atoms with van der Waals surface area (Å²) < 4.78 is -0.572. The standard InChI is InChI=1S/C24H33N3O5S/c1-12(2)11-16(23(31)32)25-19(28)17(13(3)4)26-20(29)18-24(5,6)33-22-15-10-8-7-9-14(15)21(30)27(18)22/h7-10,12-13,16-18,22H,11H2,1-6H3,(H,25,28)(H,26,29)(H,31,32)/t16-,17-,18+,22-/m0/s1. The van der Waals surface area contributed by atoms with E-state index in [1.165, 1.54) is 0 Å². The van der Waals surface area contributed by atoms with Gasteiger partial charge in [-0.15, -0.1) is 11.8 Å². The average Bonchev–Trinajstić information content (AvgIpc) is 3.14. The molecule has 3 amide bonds. The quantitative estimate of drug-likeness (QED) is 0.533. The van der Waals surface area contributed by atoms with Gasteiger partial charge in [0.15, 0.2) is 0 Å². The van der Waals surface area contributed by atoms with E-state index >= 15 is 0 Å². The first-order valence-electron chi connectivity index (χ1n) is 11.3. The Morgan fingerprint density at radius 1 is 1.12 bits per heavy atom. The first kappa shape index (κ1) is 25.1. The fourth-order valence-electron chi connectivity index (χ4n) is 4.53. The second kappa shape index (κ2) is 9.37. The summed E-state index contributed by atoms with van der Waals surface area (Å²) in [7, 11) is 0. The number of aliphatic carboxylic acids is 1. The highest BCUT2D eigenvalue weighted by atomic mass is 32.2. The molecule has 3 N–H and O–H groups in total. The second-order valence-corrected chi connectivity index (χ2v) is 11.8. The molecule has 8 nitrogen and oxygen atoms in total. The van der Waals surface area contributed by atoms with Crippen LogP contribution in [-0.2, 0) is 14.4 Å². The fraction of sp³-hybridized carbons (Fsp3) is 0.583. The third-order valence-corrected chi connectivity index (χ3v) is 7.65. The van der Waals surface area contributed by atoms with Crippen LogP contribution in [0, 0.1) is 11.8 Å².